The molecular formula is C15H20N2O2S. The van der Waals surface area contributed by atoms with E-state index in [1.54, 1.807) is 0 Å². The van der Waals surface area contributed by atoms with E-state index in [0.717, 1.165) is 48.7 Å². The third-order valence-corrected chi connectivity index (χ3v) is 5.40. The monoisotopic (exact) mass is 292 g/mol. The highest BCUT2D eigenvalue weighted by molar-refractivity contribution is 7.85. The summed E-state index contributed by atoms with van der Waals surface area (Å²) in [5.74, 6) is 1.77. The summed E-state index contributed by atoms with van der Waals surface area (Å²) >= 11 is 0. The summed E-state index contributed by atoms with van der Waals surface area (Å²) < 4.78 is 11.4. The first-order chi connectivity index (χ1) is 9.74. The van der Waals surface area contributed by atoms with Gasteiger partial charge in [0.1, 0.15) is 0 Å². The summed E-state index contributed by atoms with van der Waals surface area (Å²) in [6, 6.07) is 8.38. The van der Waals surface area contributed by atoms with Gasteiger partial charge in [-0.1, -0.05) is 12.1 Å². The first kappa shape index (κ1) is 13.6. The van der Waals surface area contributed by atoms with Gasteiger partial charge in [-0.15, -0.1) is 0 Å². The van der Waals surface area contributed by atoms with Crippen molar-refractivity contribution in [2.24, 2.45) is 0 Å². The quantitative estimate of drug-likeness (QED) is 0.928. The average molecular weight is 292 g/mol. The highest BCUT2D eigenvalue weighted by atomic mass is 32.2. The Hall–Kier alpha value is -1.36. The van der Waals surface area contributed by atoms with Crippen molar-refractivity contribution in [3.05, 3.63) is 24.3 Å². The zero-order valence-electron chi connectivity index (χ0n) is 11.5. The molecule has 1 aromatic carbocycles. The SMILES string of the molecule is O=C1CCCN1c1ccccc1NC1CCS(=O)CC1. The molecule has 2 saturated heterocycles. The van der Waals surface area contributed by atoms with Crippen molar-refractivity contribution in [1.29, 1.82) is 0 Å². The topological polar surface area (TPSA) is 49.4 Å². The second-order valence-electron chi connectivity index (χ2n) is 5.43. The zero-order chi connectivity index (χ0) is 13.9. The minimum Gasteiger partial charge on any atom is -0.381 e. The van der Waals surface area contributed by atoms with Crippen LogP contribution in [0.1, 0.15) is 25.7 Å². The summed E-state index contributed by atoms with van der Waals surface area (Å²) in [6.45, 7) is 0.812. The standard InChI is InChI=1S/C15H20N2O2S/c18-15-6-3-9-17(15)14-5-2-1-4-13(14)16-12-7-10-20(19)11-8-12/h1-2,4-5,12,16H,3,6-11H2. The number of amides is 1. The molecule has 0 saturated carbocycles. The molecular weight excluding hydrogens is 272 g/mol. The normalized spacial score (nSPS) is 26.8. The average Bonchev–Trinajstić information content (AvgIpc) is 2.88. The number of hydrogen-bond acceptors (Lipinski definition) is 3. The Balaban J connectivity index is 1.76. The molecule has 3 rings (SSSR count). The fourth-order valence-electron chi connectivity index (χ4n) is 2.89. The number of rotatable bonds is 3. The van der Waals surface area contributed by atoms with Crippen LogP contribution in [0.3, 0.4) is 0 Å². The molecule has 20 heavy (non-hydrogen) atoms. The maximum Gasteiger partial charge on any atom is 0.227 e. The van der Waals surface area contributed by atoms with Crippen molar-refractivity contribution in [2.75, 3.05) is 28.3 Å². The lowest BCUT2D eigenvalue weighted by atomic mass is 10.1. The molecule has 0 radical (unpaired) electrons. The van der Waals surface area contributed by atoms with Gasteiger partial charge in [0.05, 0.1) is 11.4 Å². The number of hydrogen-bond donors (Lipinski definition) is 1. The number of para-hydroxylation sites is 2. The molecule has 1 N–H and O–H groups in total. The third-order valence-electron chi connectivity index (χ3n) is 4.02. The number of carbonyl (C=O) groups is 1. The maximum absolute atomic E-state index is 11.9. The number of nitrogens with one attached hydrogen (secondary N) is 1. The van der Waals surface area contributed by atoms with Crippen LogP contribution in [0.4, 0.5) is 11.4 Å². The van der Waals surface area contributed by atoms with Crippen molar-refractivity contribution in [2.45, 2.75) is 31.7 Å². The molecule has 0 spiro atoms. The highest BCUT2D eigenvalue weighted by Crippen LogP contribution is 2.30. The number of nitrogens with zero attached hydrogens (tertiary/aromatic N) is 1. The third kappa shape index (κ3) is 2.87. The lowest BCUT2D eigenvalue weighted by Crippen LogP contribution is -2.31. The summed E-state index contributed by atoms with van der Waals surface area (Å²) in [7, 11) is -0.636. The van der Waals surface area contributed by atoms with Gasteiger partial charge >= 0.3 is 0 Å². The van der Waals surface area contributed by atoms with Crippen LogP contribution in [-0.2, 0) is 15.6 Å². The van der Waals surface area contributed by atoms with E-state index in [2.05, 4.69) is 5.32 Å². The zero-order valence-corrected chi connectivity index (χ0v) is 12.3. The van der Waals surface area contributed by atoms with Crippen LogP contribution >= 0.6 is 0 Å². The van der Waals surface area contributed by atoms with E-state index >= 15 is 0 Å². The number of benzene rings is 1. The predicted molar refractivity (Wildman–Crippen MR) is 82.6 cm³/mol. The molecule has 108 valence electrons. The lowest BCUT2D eigenvalue weighted by Gasteiger charge is -2.27. The van der Waals surface area contributed by atoms with Crippen molar-refractivity contribution < 1.29 is 9.00 Å². The van der Waals surface area contributed by atoms with E-state index in [1.807, 2.05) is 29.2 Å². The summed E-state index contributed by atoms with van der Waals surface area (Å²) in [6.07, 6.45) is 3.47. The first-order valence-corrected chi connectivity index (χ1v) is 8.74. The molecule has 0 aromatic heterocycles. The van der Waals surface area contributed by atoms with Gasteiger partial charge in [0.2, 0.25) is 5.91 Å². The Morgan fingerprint density at radius 3 is 2.65 bits per heavy atom. The van der Waals surface area contributed by atoms with Crippen LogP contribution in [0.15, 0.2) is 24.3 Å². The van der Waals surface area contributed by atoms with Gasteiger partial charge in [0, 0.05) is 41.3 Å². The number of anilines is 2. The van der Waals surface area contributed by atoms with Gasteiger partial charge in [-0.05, 0) is 31.4 Å². The van der Waals surface area contributed by atoms with E-state index in [-0.39, 0.29) is 5.91 Å². The maximum atomic E-state index is 11.9. The van der Waals surface area contributed by atoms with Crippen LogP contribution in [0.2, 0.25) is 0 Å². The van der Waals surface area contributed by atoms with Crippen LogP contribution in [0.25, 0.3) is 0 Å². The molecule has 2 heterocycles. The molecule has 1 aromatic rings. The van der Waals surface area contributed by atoms with Gasteiger partial charge < -0.3 is 10.2 Å². The minimum absolute atomic E-state index is 0.212. The Kier molecular flexibility index (Phi) is 4.05. The van der Waals surface area contributed by atoms with Crippen molar-refractivity contribution in [3.8, 4) is 0 Å². The van der Waals surface area contributed by atoms with Crippen LogP contribution in [0, 0.1) is 0 Å². The molecule has 0 atom stereocenters. The molecule has 0 bridgehead atoms. The van der Waals surface area contributed by atoms with E-state index in [9.17, 15) is 9.00 Å². The number of carbonyl (C=O) groups excluding carboxylic acids is 1. The van der Waals surface area contributed by atoms with Crippen molar-refractivity contribution in [1.82, 2.24) is 0 Å². The minimum atomic E-state index is -0.636. The molecule has 2 fully saturated rings. The first-order valence-electron chi connectivity index (χ1n) is 7.25. The molecule has 4 nitrogen and oxygen atoms in total. The van der Waals surface area contributed by atoms with E-state index < -0.39 is 10.8 Å². The highest BCUT2D eigenvalue weighted by Gasteiger charge is 2.25. The fourth-order valence-corrected chi connectivity index (χ4v) is 4.19. The smallest absolute Gasteiger partial charge is 0.227 e. The molecule has 5 heteroatoms. The van der Waals surface area contributed by atoms with Gasteiger partial charge in [0.15, 0.2) is 0 Å². The molecule has 1 amide bonds. The predicted octanol–water partition coefficient (Wildman–Crippen LogP) is 2.14. The molecule has 0 aliphatic carbocycles. The Morgan fingerprint density at radius 2 is 1.95 bits per heavy atom. The Bertz CT molecular complexity index is 522. The van der Waals surface area contributed by atoms with E-state index in [0.29, 0.717) is 12.5 Å². The van der Waals surface area contributed by atoms with Gasteiger partial charge in [-0.2, -0.15) is 0 Å². The fraction of sp³-hybridized carbons (Fsp3) is 0.533. The summed E-state index contributed by atoms with van der Waals surface area (Å²) in [4.78, 5) is 13.8. The lowest BCUT2D eigenvalue weighted by molar-refractivity contribution is -0.117. The van der Waals surface area contributed by atoms with Crippen LogP contribution in [0.5, 0.6) is 0 Å². The molecule has 2 aliphatic rings. The molecule has 2 aliphatic heterocycles. The Morgan fingerprint density at radius 1 is 1.20 bits per heavy atom. The van der Waals surface area contributed by atoms with Gasteiger partial charge in [0.25, 0.3) is 0 Å². The largest absolute Gasteiger partial charge is 0.381 e. The van der Waals surface area contributed by atoms with Crippen LogP contribution in [-0.4, -0.2) is 34.2 Å². The Labute approximate surface area is 122 Å². The van der Waals surface area contributed by atoms with Crippen molar-refractivity contribution >= 4 is 28.1 Å². The summed E-state index contributed by atoms with van der Waals surface area (Å²) in [5, 5.41) is 3.54. The van der Waals surface area contributed by atoms with Crippen LogP contribution < -0.4 is 10.2 Å². The van der Waals surface area contributed by atoms with Crippen molar-refractivity contribution in [3.63, 3.8) is 0 Å². The van der Waals surface area contributed by atoms with E-state index in [1.165, 1.54) is 0 Å². The molecule has 0 unspecified atom stereocenters. The second kappa shape index (κ2) is 5.95. The van der Waals surface area contributed by atoms with E-state index in [4.69, 9.17) is 0 Å². The summed E-state index contributed by atoms with van der Waals surface area (Å²) in [5.41, 5.74) is 2.02. The second-order valence-corrected chi connectivity index (χ2v) is 7.13. The van der Waals surface area contributed by atoms with Gasteiger partial charge in [-0.25, -0.2) is 0 Å². The van der Waals surface area contributed by atoms with Gasteiger partial charge in [-0.3, -0.25) is 9.00 Å².